The Labute approximate surface area is 88.8 Å². The summed E-state index contributed by atoms with van der Waals surface area (Å²) in [5.41, 5.74) is 0.623. The van der Waals surface area contributed by atoms with E-state index in [1.165, 1.54) is 12.1 Å². The van der Waals surface area contributed by atoms with Crippen molar-refractivity contribution in [1.29, 1.82) is 0 Å². The molecule has 3 heteroatoms. The quantitative estimate of drug-likeness (QED) is 0.752. The molecule has 80 valence electrons. The molecule has 15 heavy (non-hydrogen) atoms. The van der Waals surface area contributed by atoms with Crippen molar-refractivity contribution in [3.63, 3.8) is 0 Å². The second kappa shape index (κ2) is 5.96. The van der Waals surface area contributed by atoms with E-state index < -0.39 is 0 Å². The predicted octanol–water partition coefficient (Wildman–Crippen LogP) is 2.06. The second-order valence-electron chi connectivity index (χ2n) is 3.13. The number of carbonyl (C=O) groups is 1. The van der Waals surface area contributed by atoms with Crippen LogP contribution in [0.4, 0.5) is 4.39 Å². The van der Waals surface area contributed by atoms with Crippen molar-refractivity contribution in [2.45, 2.75) is 13.3 Å². The van der Waals surface area contributed by atoms with Gasteiger partial charge in [0.15, 0.2) is 0 Å². The molecular formula is C12H14FNO. The van der Waals surface area contributed by atoms with E-state index >= 15 is 0 Å². The van der Waals surface area contributed by atoms with Gasteiger partial charge in [0.25, 0.3) is 0 Å². The van der Waals surface area contributed by atoms with Crippen molar-refractivity contribution in [3.8, 4) is 0 Å². The summed E-state index contributed by atoms with van der Waals surface area (Å²) < 4.78 is 13.1. The Hall–Kier alpha value is -1.64. The summed E-state index contributed by atoms with van der Waals surface area (Å²) in [6.07, 6.45) is 3.62. The van der Waals surface area contributed by atoms with Crippen LogP contribution in [0.5, 0.6) is 0 Å². The van der Waals surface area contributed by atoms with Gasteiger partial charge < -0.3 is 5.32 Å². The molecule has 0 spiro atoms. The first kappa shape index (κ1) is 11.4. The molecule has 0 unspecified atom stereocenters. The first-order chi connectivity index (χ1) is 7.24. The fourth-order valence-corrected chi connectivity index (χ4v) is 1.23. The maximum atomic E-state index is 13.1. The smallest absolute Gasteiger partial charge is 0.243 e. The number of hydrogen-bond acceptors (Lipinski definition) is 1. The van der Waals surface area contributed by atoms with Crippen molar-refractivity contribution in [3.05, 3.63) is 47.8 Å². The van der Waals surface area contributed by atoms with Crippen molar-refractivity contribution in [1.82, 2.24) is 5.32 Å². The van der Waals surface area contributed by atoms with E-state index in [0.717, 1.165) is 0 Å². The largest absolute Gasteiger partial charge is 0.352 e. The molecule has 0 saturated carbocycles. The highest BCUT2D eigenvalue weighted by atomic mass is 19.1. The monoisotopic (exact) mass is 207 g/mol. The molecule has 0 aliphatic carbocycles. The number of amides is 1. The van der Waals surface area contributed by atoms with E-state index in [2.05, 4.69) is 5.32 Å². The average Bonchev–Trinajstić information content (AvgIpc) is 2.21. The van der Waals surface area contributed by atoms with Gasteiger partial charge in [-0.15, -0.1) is 0 Å². The van der Waals surface area contributed by atoms with Gasteiger partial charge >= 0.3 is 0 Å². The number of allylic oxidation sites excluding steroid dienone is 1. The van der Waals surface area contributed by atoms with Crippen LogP contribution in [0.3, 0.4) is 0 Å². The first-order valence-electron chi connectivity index (χ1n) is 4.88. The summed E-state index contributed by atoms with van der Waals surface area (Å²) in [4.78, 5) is 11.0. The highest BCUT2D eigenvalue weighted by molar-refractivity contribution is 5.87. The Morgan fingerprint density at radius 2 is 2.20 bits per heavy atom. The third-order valence-electron chi connectivity index (χ3n) is 1.97. The summed E-state index contributed by atoms with van der Waals surface area (Å²) in [5.74, 6) is -0.369. The lowest BCUT2D eigenvalue weighted by atomic mass is 10.1. The van der Waals surface area contributed by atoms with Crippen LogP contribution in [0.2, 0.25) is 0 Å². The molecule has 0 aromatic heterocycles. The molecule has 0 fully saturated rings. The van der Waals surface area contributed by atoms with Crippen LogP contribution in [-0.4, -0.2) is 12.5 Å². The standard InChI is InChI=1S/C12H14FNO/c1-2-5-12(15)14-9-8-10-6-3-4-7-11(10)13/h2-7H,8-9H2,1H3,(H,14,15)/b5-2+. The SMILES string of the molecule is C/C=C/C(=O)NCCc1ccccc1F. The molecule has 0 aliphatic rings. The fourth-order valence-electron chi connectivity index (χ4n) is 1.23. The molecule has 0 atom stereocenters. The van der Waals surface area contributed by atoms with Gasteiger partial charge in [0.05, 0.1) is 0 Å². The second-order valence-corrected chi connectivity index (χ2v) is 3.13. The highest BCUT2D eigenvalue weighted by Crippen LogP contribution is 2.05. The zero-order valence-corrected chi connectivity index (χ0v) is 8.66. The Balaban J connectivity index is 2.38. The molecule has 0 radical (unpaired) electrons. The predicted molar refractivity (Wildman–Crippen MR) is 57.9 cm³/mol. The zero-order valence-electron chi connectivity index (χ0n) is 8.66. The number of rotatable bonds is 4. The van der Waals surface area contributed by atoms with Gasteiger partial charge in [0, 0.05) is 6.54 Å². The molecule has 0 aliphatic heterocycles. The van der Waals surface area contributed by atoms with Crippen LogP contribution in [-0.2, 0) is 11.2 Å². The van der Waals surface area contributed by atoms with Gasteiger partial charge in [0.2, 0.25) is 5.91 Å². The lowest BCUT2D eigenvalue weighted by Crippen LogP contribution is -2.23. The number of hydrogen-bond donors (Lipinski definition) is 1. The van der Waals surface area contributed by atoms with Gasteiger partial charge in [0.1, 0.15) is 5.82 Å². The van der Waals surface area contributed by atoms with Crippen LogP contribution in [0, 0.1) is 5.82 Å². The van der Waals surface area contributed by atoms with E-state index in [0.29, 0.717) is 18.5 Å². The summed E-state index contributed by atoms with van der Waals surface area (Å²) in [5, 5.41) is 2.67. The highest BCUT2D eigenvalue weighted by Gasteiger charge is 2.00. The average molecular weight is 207 g/mol. The van der Waals surface area contributed by atoms with E-state index in [-0.39, 0.29) is 11.7 Å². The van der Waals surface area contributed by atoms with Crippen LogP contribution in [0.15, 0.2) is 36.4 Å². The Morgan fingerprint density at radius 1 is 1.47 bits per heavy atom. The molecule has 2 nitrogen and oxygen atoms in total. The minimum atomic E-state index is -0.224. The lowest BCUT2D eigenvalue weighted by Gasteiger charge is -2.03. The summed E-state index contributed by atoms with van der Waals surface area (Å²) in [6, 6.07) is 6.57. The number of halogens is 1. The van der Waals surface area contributed by atoms with Crippen molar-refractivity contribution in [2.75, 3.05) is 6.54 Å². The number of nitrogens with one attached hydrogen (secondary N) is 1. The van der Waals surface area contributed by atoms with Crippen molar-refractivity contribution in [2.24, 2.45) is 0 Å². The van der Waals surface area contributed by atoms with Gasteiger partial charge in [-0.3, -0.25) is 4.79 Å². The third-order valence-corrected chi connectivity index (χ3v) is 1.97. The molecule has 1 aromatic rings. The van der Waals surface area contributed by atoms with Crippen molar-refractivity contribution < 1.29 is 9.18 Å². The van der Waals surface area contributed by atoms with E-state index in [9.17, 15) is 9.18 Å². The molecule has 1 rings (SSSR count). The normalized spacial score (nSPS) is 10.5. The van der Waals surface area contributed by atoms with Gasteiger partial charge in [-0.1, -0.05) is 24.3 Å². The summed E-state index contributed by atoms with van der Waals surface area (Å²) in [6.45, 7) is 2.22. The minimum Gasteiger partial charge on any atom is -0.352 e. The van der Waals surface area contributed by atoms with Gasteiger partial charge in [-0.2, -0.15) is 0 Å². The fraction of sp³-hybridized carbons (Fsp3) is 0.250. The molecule has 0 heterocycles. The molecule has 0 bridgehead atoms. The summed E-state index contributed by atoms with van der Waals surface area (Å²) >= 11 is 0. The molecule has 1 aromatic carbocycles. The van der Waals surface area contributed by atoms with Gasteiger partial charge in [-0.05, 0) is 31.1 Å². The van der Waals surface area contributed by atoms with Crippen LogP contribution in [0.1, 0.15) is 12.5 Å². The summed E-state index contributed by atoms with van der Waals surface area (Å²) in [7, 11) is 0. The first-order valence-corrected chi connectivity index (χ1v) is 4.88. The zero-order chi connectivity index (χ0) is 11.1. The number of benzene rings is 1. The van der Waals surface area contributed by atoms with E-state index in [4.69, 9.17) is 0 Å². The molecule has 0 saturated heterocycles. The topological polar surface area (TPSA) is 29.1 Å². The Bertz CT molecular complexity index is 360. The van der Waals surface area contributed by atoms with Crippen molar-refractivity contribution >= 4 is 5.91 Å². The minimum absolute atomic E-state index is 0.145. The van der Waals surface area contributed by atoms with Crippen LogP contribution >= 0.6 is 0 Å². The van der Waals surface area contributed by atoms with Crippen LogP contribution in [0.25, 0.3) is 0 Å². The number of carbonyl (C=O) groups excluding carboxylic acids is 1. The van der Waals surface area contributed by atoms with E-state index in [1.54, 1.807) is 31.2 Å². The van der Waals surface area contributed by atoms with Crippen LogP contribution < -0.4 is 5.32 Å². The molecule has 1 N–H and O–H groups in total. The van der Waals surface area contributed by atoms with E-state index in [1.807, 2.05) is 0 Å². The maximum Gasteiger partial charge on any atom is 0.243 e. The van der Waals surface area contributed by atoms with Gasteiger partial charge in [-0.25, -0.2) is 4.39 Å². The lowest BCUT2D eigenvalue weighted by molar-refractivity contribution is -0.116. The Morgan fingerprint density at radius 3 is 2.87 bits per heavy atom. The molecule has 1 amide bonds. The maximum absolute atomic E-state index is 13.1. The Kier molecular flexibility index (Phi) is 4.54. The third kappa shape index (κ3) is 3.94. The molecular weight excluding hydrogens is 193 g/mol.